The molecule has 1 spiro atoms. The average Bonchev–Trinajstić information content (AvgIpc) is 3.17. The van der Waals surface area contributed by atoms with Crippen LogP contribution in [-0.2, 0) is 10.3 Å². The lowest BCUT2D eigenvalue weighted by Crippen LogP contribution is -2.50. The maximum Gasteiger partial charge on any atom is 0.260 e. The summed E-state index contributed by atoms with van der Waals surface area (Å²) >= 11 is 0. The van der Waals surface area contributed by atoms with Gasteiger partial charge in [0, 0.05) is 17.2 Å². The third-order valence-electron chi connectivity index (χ3n) is 5.54. The predicted octanol–water partition coefficient (Wildman–Crippen LogP) is 4.11. The number of benzene rings is 3. The van der Waals surface area contributed by atoms with Crippen molar-refractivity contribution in [3.05, 3.63) is 88.5 Å². The van der Waals surface area contributed by atoms with Crippen molar-refractivity contribution in [3.8, 4) is 5.75 Å². The molecule has 1 unspecified atom stereocenters. The van der Waals surface area contributed by atoms with E-state index in [4.69, 9.17) is 4.74 Å². The van der Waals surface area contributed by atoms with Gasteiger partial charge in [0.25, 0.3) is 11.8 Å². The number of carbonyl (C=O) groups is 2. The van der Waals surface area contributed by atoms with Crippen molar-refractivity contribution in [3.63, 3.8) is 0 Å². The number of anilines is 2. The molecule has 0 bridgehead atoms. The molecule has 2 aliphatic heterocycles. The van der Waals surface area contributed by atoms with Gasteiger partial charge in [0.2, 0.25) is 0 Å². The van der Waals surface area contributed by atoms with Crippen LogP contribution in [0.3, 0.4) is 0 Å². The van der Waals surface area contributed by atoms with Crippen LogP contribution in [0.1, 0.15) is 21.5 Å². The molecule has 2 amide bonds. The largest absolute Gasteiger partial charge is 0.497 e. The van der Waals surface area contributed by atoms with Crippen molar-refractivity contribution in [2.24, 2.45) is 0 Å². The van der Waals surface area contributed by atoms with Crippen LogP contribution in [0.5, 0.6) is 5.75 Å². The van der Waals surface area contributed by atoms with E-state index < -0.39 is 46.3 Å². The summed E-state index contributed by atoms with van der Waals surface area (Å²) in [5.74, 6) is -5.77. The van der Waals surface area contributed by atoms with E-state index in [1.807, 2.05) is 0 Å². The zero-order valence-electron chi connectivity index (χ0n) is 15.8. The molecule has 9 heteroatoms. The summed E-state index contributed by atoms with van der Waals surface area (Å²) in [5, 5.41) is 2.29. The van der Waals surface area contributed by atoms with E-state index in [9.17, 15) is 27.2 Å². The molecule has 5 nitrogen and oxygen atoms in total. The summed E-state index contributed by atoms with van der Waals surface area (Å²) in [6, 6.07) is 8.69. The highest BCUT2D eigenvalue weighted by molar-refractivity contribution is 6.24. The van der Waals surface area contributed by atoms with Gasteiger partial charge in [-0.1, -0.05) is 12.1 Å². The monoisotopic (exact) mass is 428 g/mol. The number of rotatable bonds is 2. The van der Waals surface area contributed by atoms with E-state index in [1.54, 1.807) is 0 Å². The third-order valence-corrected chi connectivity index (χ3v) is 5.54. The molecule has 0 fully saturated rings. The fourth-order valence-corrected chi connectivity index (χ4v) is 4.31. The summed E-state index contributed by atoms with van der Waals surface area (Å²) in [5.41, 5.74) is -2.59. The molecule has 0 saturated heterocycles. The molecule has 1 N–H and O–H groups in total. The molecule has 31 heavy (non-hydrogen) atoms. The van der Waals surface area contributed by atoms with Crippen LogP contribution in [0.25, 0.3) is 0 Å². The number of amides is 2. The number of carbonyl (C=O) groups excluding carboxylic acids is 2. The Balaban J connectivity index is 1.89. The highest BCUT2D eigenvalue weighted by Gasteiger charge is 2.61. The van der Waals surface area contributed by atoms with E-state index in [2.05, 4.69) is 5.32 Å². The molecule has 1 atom stereocenters. The normalized spacial score (nSPS) is 18.9. The lowest BCUT2D eigenvalue weighted by molar-refractivity contribution is -0.119. The second kappa shape index (κ2) is 6.31. The van der Waals surface area contributed by atoms with Crippen molar-refractivity contribution in [2.75, 3.05) is 17.3 Å². The maximum absolute atomic E-state index is 14.5. The number of methoxy groups -OCH3 is 1. The fourth-order valence-electron chi connectivity index (χ4n) is 4.31. The van der Waals surface area contributed by atoms with Crippen LogP contribution in [0.15, 0.2) is 48.5 Å². The standard InChI is InChI=1S/C22H12F4N2O3/c1-31-13-2-3-15-14(9-13)20(29)28(12-7-10(23)6-11(24)8-12)22(15)16-4-5-17(25)18(26)19(16)27-21(22)30/h2-9H,1H3,(H,27,30). The van der Waals surface area contributed by atoms with E-state index in [1.165, 1.54) is 31.4 Å². The molecule has 156 valence electrons. The van der Waals surface area contributed by atoms with Crippen LogP contribution in [0.4, 0.5) is 28.9 Å². The molecule has 0 aliphatic carbocycles. The van der Waals surface area contributed by atoms with Gasteiger partial charge in [-0.25, -0.2) is 17.6 Å². The van der Waals surface area contributed by atoms with E-state index in [0.717, 1.165) is 23.1 Å². The molecular formula is C22H12F4N2O3. The first kappa shape index (κ1) is 19.1. The lowest BCUT2D eigenvalue weighted by Gasteiger charge is -2.34. The average molecular weight is 428 g/mol. The summed E-state index contributed by atoms with van der Waals surface area (Å²) in [6.07, 6.45) is 0. The van der Waals surface area contributed by atoms with E-state index in [-0.39, 0.29) is 22.4 Å². The van der Waals surface area contributed by atoms with E-state index >= 15 is 0 Å². The minimum atomic E-state index is -2.00. The van der Waals surface area contributed by atoms with Crippen LogP contribution < -0.4 is 15.0 Å². The SMILES string of the molecule is COc1ccc2c(c1)C(=O)N(c1cc(F)cc(F)c1)C21C(=O)Nc2c1ccc(F)c2F. The molecule has 5 rings (SSSR count). The van der Waals surface area contributed by atoms with Crippen LogP contribution in [0.2, 0.25) is 0 Å². The maximum atomic E-state index is 14.5. The third kappa shape index (κ3) is 2.37. The zero-order chi connectivity index (χ0) is 22.1. The number of hydrogen-bond donors (Lipinski definition) is 1. The van der Waals surface area contributed by atoms with Gasteiger partial charge < -0.3 is 10.1 Å². The molecule has 3 aromatic rings. The second-order valence-corrected chi connectivity index (χ2v) is 7.13. The minimum absolute atomic E-state index is 0.0248. The zero-order valence-corrected chi connectivity index (χ0v) is 15.8. The number of ether oxygens (including phenoxy) is 1. The molecule has 0 aromatic heterocycles. The molecule has 0 saturated carbocycles. The Morgan fingerprint density at radius 3 is 2.26 bits per heavy atom. The van der Waals surface area contributed by atoms with Crippen molar-refractivity contribution < 1.29 is 31.9 Å². The van der Waals surface area contributed by atoms with Crippen molar-refractivity contribution in [1.29, 1.82) is 0 Å². The molecular weight excluding hydrogens is 416 g/mol. The summed E-state index contributed by atoms with van der Waals surface area (Å²) < 4.78 is 61.6. The Morgan fingerprint density at radius 1 is 0.903 bits per heavy atom. The first-order valence-corrected chi connectivity index (χ1v) is 9.08. The van der Waals surface area contributed by atoms with Crippen LogP contribution >= 0.6 is 0 Å². The minimum Gasteiger partial charge on any atom is -0.497 e. The smallest absolute Gasteiger partial charge is 0.260 e. The summed E-state index contributed by atoms with van der Waals surface area (Å²) in [6.45, 7) is 0. The van der Waals surface area contributed by atoms with Gasteiger partial charge in [-0.2, -0.15) is 0 Å². The van der Waals surface area contributed by atoms with Crippen LogP contribution in [-0.4, -0.2) is 18.9 Å². The fraction of sp³-hybridized carbons (Fsp3) is 0.0909. The topological polar surface area (TPSA) is 58.6 Å². The summed E-state index contributed by atoms with van der Waals surface area (Å²) in [4.78, 5) is 27.6. The van der Waals surface area contributed by atoms with Gasteiger partial charge in [0.1, 0.15) is 17.4 Å². The molecule has 2 heterocycles. The van der Waals surface area contributed by atoms with Crippen LogP contribution in [0, 0.1) is 23.3 Å². The number of nitrogens with zero attached hydrogens (tertiary/aromatic N) is 1. The Labute approximate surface area is 172 Å². The molecule has 2 aliphatic rings. The van der Waals surface area contributed by atoms with Gasteiger partial charge in [-0.15, -0.1) is 0 Å². The van der Waals surface area contributed by atoms with Crippen molar-refractivity contribution >= 4 is 23.2 Å². The quantitative estimate of drug-likeness (QED) is 0.626. The summed E-state index contributed by atoms with van der Waals surface area (Å²) in [7, 11) is 1.38. The molecule has 3 aromatic carbocycles. The van der Waals surface area contributed by atoms with Crippen molar-refractivity contribution in [2.45, 2.75) is 5.54 Å². The number of hydrogen-bond acceptors (Lipinski definition) is 3. The number of nitrogens with one attached hydrogen (secondary N) is 1. The Bertz CT molecular complexity index is 1290. The first-order valence-electron chi connectivity index (χ1n) is 9.08. The Hall–Kier alpha value is -3.88. The van der Waals surface area contributed by atoms with Crippen molar-refractivity contribution in [1.82, 2.24) is 0 Å². The van der Waals surface area contributed by atoms with E-state index in [0.29, 0.717) is 11.8 Å². The Kier molecular flexibility index (Phi) is 3.89. The predicted molar refractivity (Wildman–Crippen MR) is 102 cm³/mol. The van der Waals surface area contributed by atoms with Gasteiger partial charge in [-0.05, 0) is 30.3 Å². The van der Waals surface area contributed by atoms with Gasteiger partial charge in [-0.3, -0.25) is 14.5 Å². The first-order chi connectivity index (χ1) is 14.8. The Morgan fingerprint density at radius 2 is 1.58 bits per heavy atom. The van der Waals surface area contributed by atoms with Gasteiger partial charge >= 0.3 is 0 Å². The van der Waals surface area contributed by atoms with Gasteiger partial charge in [0.05, 0.1) is 24.0 Å². The lowest BCUT2D eigenvalue weighted by atomic mass is 9.83. The number of halogens is 4. The molecule has 0 radical (unpaired) electrons. The highest BCUT2D eigenvalue weighted by atomic mass is 19.2. The number of fused-ring (bicyclic) bond motifs is 4. The second-order valence-electron chi connectivity index (χ2n) is 7.13. The van der Waals surface area contributed by atoms with Gasteiger partial charge in [0.15, 0.2) is 17.2 Å². The highest BCUT2D eigenvalue weighted by Crippen LogP contribution is 2.53.